The number of rotatable bonds is 3. The van der Waals surface area contributed by atoms with Crippen LogP contribution in [0.5, 0.6) is 0 Å². The first-order chi connectivity index (χ1) is 15.9. The number of benzene rings is 1. The molecule has 1 aliphatic heterocycles. The van der Waals surface area contributed by atoms with E-state index in [1.807, 2.05) is 51.2 Å². The fourth-order valence-corrected chi connectivity index (χ4v) is 4.63. The molecule has 7 heteroatoms. The number of hydrogen-bond acceptors (Lipinski definition) is 5. The first-order valence-corrected chi connectivity index (χ1v) is 11.5. The number of halogens is 1. The molecule has 4 aromatic rings. The van der Waals surface area contributed by atoms with Gasteiger partial charge < -0.3 is 4.74 Å². The summed E-state index contributed by atoms with van der Waals surface area (Å²) in [6, 6.07) is 13.2. The van der Waals surface area contributed by atoms with Gasteiger partial charge in [-0.25, -0.2) is 9.97 Å². The standard InChI is InChI=1S/C26H25ClN4O2/c1-15-12-19(8-10-28-15)24-13-18(9-11-33-24)22-14-23-25(30-17(3)16(2)29-23)31(26(22)32)21-6-4-20(27)5-7-21/h4-8,10,12,14,18,24H,9,11,13H2,1-3H3/t18-,24+/m0/s1. The van der Waals surface area contributed by atoms with Gasteiger partial charge in [0.1, 0.15) is 5.52 Å². The lowest BCUT2D eigenvalue weighted by molar-refractivity contribution is 0.00498. The van der Waals surface area contributed by atoms with Gasteiger partial charge in [-0.15, -0.1) is 0 Å². The van der Waals surface area contributed by atoms with E-state index in [1.54, 1.807) is 16.7 Å². The molecule has 0 spiro atoms. The van der Waals surface area contributed by atoms with Crippen molar-refractivity contribution in [2.75, 3.05) is 6.61 Å². The summed E-state index contributed by atoms with van der Waals surface area (Å²) in [7, 11) is 0. The van der Waals surface area contributed by atoms with Crippen LogP contribution in [0.2, 0.25) is 5.02 Å². The molecule has 0 radical (unpaired) electrons. The Morgan fingerprint density at radius 3 is 2.55 bits per heavy atom. The smallest absolute Gasteiger partial charge is 0.260 e. The van der Waals surface area contributed by atoms with E-state index in [0.717, 1.165) is 46.7 Å². The van der Waals surface area contributed by atoms with Gasteiger partial charge in [0.25, 0.3) is 5.56 Å². The number of aromatic nitrogens is 4. The van der Waals surface area contributed by atoms with E-state index in [9.17, 15) is 4.79 Å². The Kier molecular flexibility index (Phi) is 5.72. The minimum absolute atomic E-state index is 0.0519. The predicted octanol–water partition coefficient (Wildman–Crippen LogP) is 5.39. The highest BCUT2D eigenvalue weighted by atomic mass is 35.5. The van der Waals surface area contributed by atoms with Crippen molar-refractivity contribution >= 4 is 22.8 Å². The summed E-state index contributed by atoms with van der Waals surface area (Å²) in [5.74, 6) is 0.0519. The van der Waals surface area contributed by atoms with Crippen LogP contribution in [0.3, 0.4) is 0 Å². The molecule has 6 nitrogen and oxygen atoms in total. The Hall–Kier alpha value is -3.09. The van der Waals surface area contributed by atoms with Gasteiger partial charge in [-0.2, -0.15) is 0 Å². The van der Waals surface area contributed by atoms with Crippen LogP contribution in [0, 0.1) is 20.8 Å². The Labute approximate surface area is 197 Å². The van der Waals surface area contributed by atoms with Crippen LogP contribution in [0.4, 0.5) is 0 Å². The number of fused-ring (bicyclic) bond motifs is 1. The van der Waals surface area contributed by atoms with Crippen LogP contribution in [-0.2, 0) is 4.74 Å². The fraction of sp³-hybridized carbons (Fsp3) is 0.308. The fourth-order valence-electron chi connectivity index (χ4n) is 4.51. The summed E-state index contributed by atoms with van der Waals surface area (Å²) in [5.41, 5.74) is 6.37. The van der Waals surface area contributed by atoms with Crippen molar-refractivity contribution in [3.63, 3.8) is 0 Å². The van der Waals surface area contributed by atoms with Crippen LogP contribution in [0.25, 0.3) is 16.9 Å². The molecule has 1 aliphatic rings. The largest absolute Gasteiger partial charge is 0.373 e. The minimum atomic E-state index is -0.0737. The predicted molar refractivity (Wildman–Crippen MR) is 129 cm³/mol. The zero-order valence-corrected chi connectivity index (χ0v) is 19.6. The van der Waals surface area contributed by atoms with Crippen molar-refractivity contribution in [2.24, 2.45) is 0 Å². The molecule has 0 N–H and O–H groups in total. The molecule has 1 aromatic carbocycles. The number of aryl methyl sites for hydroxylation is 3. The van der Waals surface area contributed by atoms with Crippen molar-refractivity contribution in [1.82, 2.24) is 19.5 Å². The maximum Gasteiger partial charge on any atom is 0.260 e. The summed E-state index contributed by atoms with van der Waals surface area (Å²) in [6.45, 7) is 6.41. The lowest BCUT2D eigenvalue weighted by Crippen LogP contribution is -2.29. The van der Waals surface area contributed by atoms with Crippen molar-refractivity contribution in [1.29, 1.82) is 0 Å². The van der Waals surface area contributed by atoms with Crippen LogP contribution in [-0.4, -0.2) is 26.1 Å². The van der Waals surface area contributed by atoms with Crippen LogP contribution in [0.1, 0.15) is 53.1 Å². The molecule has 0 bridgehead atoms. The molecule has 1 saturated heterocycles. The minimum Gasteiger partial charge on any atom is -0.373 e. The second kappa shape index (κ2) is 8.69. The molecule has 5 rings (SSSR count). The molecule has 1 fully saturated rings. The monoisotopic (exact) mass is 460 g/mol. The van der Waals surface area contributed by atoms with Crippen LogP contribution in [0.15, 0.2) is 53.5 Å². The highest BCUT2D eigenvalue weighted by Gasteiger charge is 2.28. The van der Waals surface area contributed by atoms with Crippen LogP contribution < -0.4 is 5.56 Å². The van der Waals surface area contributed by atoms with E-state index in [4.69, 9.17) is 26.3 Å². The first-order valence-electron chi connectivity index (χ1n) is 11.1. The molecule has 0 unspecified atom stereocenters. The number of ether oxygens (including phenoxy) is 1. The molecule has 3 aromatic heterocycles. The Balaban J connectivity index is 1.65. The summed E-state index contributed by atoms with van der Waals surface area (Å²) < 4.78 is 7.75. The molecular formula is C26H25ClN4O2. The highest BCUT2D eigenvalue weighted by Crippen LogP contribution is 2.37. The van der Waals surface area contributed by atoms with E-state index >= 15 is 0 Å². The van der Waals surface area contributed by atoms with E-state index in [2.05, 4.69) is 11.1 Å². The number of hydrogen-bond donors (Lipinski definition) is 0. The number of nitrogens with zero attached hydrogens (tertiary/aromatic N) is 4. The van der Waals surface area contributed by atoms with Gasteiger partial charge in [-0.1, -0.05) is 11.6 Å². The summed E-state index contributed by atoms with van der Waals surface area (Å²) >= 11 is 6.11. The zero-order chi connectivity index (χ0) is 23.1. The van der Waals surface area contributed by atoms with E-state index in [-0.39, 0.29) is 17.6 Å². The number of pyridine rings is 2. The SMILES string of the molecule is Cc1cc([C@H]2C[C@@H](c3cc4nc(C)c(C)nc4n(-c4ccc(Cl)cc4)c3=O)CCO2)ccn1. The summed E-state index contributed by atoms with van der Waals surface area (Å²) in [4.78, 5) is 27.7. The van der Waals surface area contributed by atoms with Gasteiger partial charge in [0.15, 0.2) is 5.65 Å². The van der Waals surface area contributed by atoms with Crippen molar-refractivity contribution in [2.45, 2.75) is 45.6 Å². The Morgan fingerprint density at radius 2 is 1.79 bits per heavy atom. The molecule has 0 amide bonds. The van der Waals surface area contributed by atoms with Crippen molar-refractivity contribution in [3.05, 3.63) is 92.2 Å². The molecule has 0 saturated carbocycles. The third kappa shape index (κ3) is 4.16. The molecule has 2 atom stereocenters. The maximum atomic E-state index is 13.9. The van der Waals surface area contributed by atoms with Gasteiger partial charge in [0.2, 0.25) is 0 Å². The second-order valence-corrected chi connectivity index (χ2v) is 9.07. The van der Waals surface area contributed by atoms with E-state index < -0.39 is 0 Å². The normalized spacial score (nSPS) is 18.5. The quantitative estimate of drug-likeness (QED) is 0.410. The van der Waals surface area contributed by atoms with Crippen LogP contribution >= 0.6 is 11.6 Å². The lowest BCUT2D eigenvalue weighted by atomic mass is 9.87. The molecular weight excluding hydrogens is 436 g/mol. The third-order valence-corrected chi connectivity index (χ3v) is 6.62. The second-order valence-electron chi connectivity index (χ2n) is 8.63. The molecule has 168 valence electrons. The Morgan fingerprint density at radius 1 is 1.03 bits per heavy atom. The molecule has 33 heavy (non-hydrogen) atoms. The highest BCUT2D eigenvalue weighted by molar-refractivity contribution is 6.30. The van der Waals surface area contributed by atoms with Gasteiger partial charge in [0, 0.05) is 29.1 Å². The third-order valence-electron chi connectivity index (χ3n) is 6.37. The average molecular weight is 461 g/mol. The van der Waals surface area contributed by atoms with Gasteiger partial charge in [-0.3, -0.25) is 14.3 Å². The van der Waals surface area contributed by atoms with Crippen molar-refractivity contribution in [3.8, 4) is 5.69 Å². The molecule has 0 aliphatic carbocycles. The summed E-state index contributed by atoms with van der Waals surface area (Å²) in [6.07, 6.45) is 3.24. The molecule has 4 heterocycles. The van der Waals surface area contributed by atoms with E-state index in [1.165, 1.54) is 0 Å². The van der Waals surface area contributed by atoms with Gasteiger partial charge in [0.05, 0.1) is 23.2 Å². The van der Waals surface area contributed by atoms with Crippen molar-refractivity contribution < 1.29 is 4.74 Å². The van der Waals surface area contributed by atoms with Gasteiger partial charge in [-0.05, 0) is 87.6 Å². The summed E-state index contributed by atoms with van der Waals surface area (Å²) in [5, 5.41) is 0.616. The average Bonchev–Trinajstić information content (AvgIpc) is 2.81. The maximum absolute atomic E-state index is 13.9. The van der Waals surface area contributed by atoms with E-state index in [0.29, 0.717) is 22.8 Å². The topological polar surface area (TPSA) is 69.9 Å². The zero-order valence-electron chi connectivity index (χ0n) is 18.9. The first kappa shape index (κ1) is 21.7. The van der Waals surface area contributed by atoms with Gasteiger partial charge >= 0.3 is 0 Å². The Bertz CT molecular complexity index is 1400. The lowest BCUT2D eigenvalue weighted by Gasteiger charge is -2.30.